The van der Waals surface area contributed by atoms with Gasteiger partial charge in [-0.25, -0.2) is 0 Å². The van der Waals surface area contributed by atoms with Crippen LogP contribution in [0.15, 0.2) is 22.7 Å². The molecule has 0 bridgehead atoms. The van der Waals surface area contributed by atoms with E-state index < -0.39 is 0 Å². The van der Waals surface area contributed by atoms with E-state index in [9.17, 15) is 0 Å². The van der Waals surface area contributed by atoms with Crippen molar-refractivity contribution in [3.05, 3.63) is 28.2 Å². The zero-order valence-electron chi connectivity index (χ0n) is 7.37. The summed E-state index contributed by atoms with van der Waals surface area (Å²) in [7, 11) is 0. The molecule has 4 heteroatoms. The van der Waals surface area contributed by atoms with Gasteiger partial charge < -0.3 is 9.47 Å². The van der Waals surface area contributed by atoms with Crippen LogP contribution in [0.25, 0.3) is 0 Å². The molecule has 1 aliphatic rings. The molecule has 0 amide bonds. The third kappa shape index (κ3) is 2.25. The molecule has 1 unspecified atom stereocenters. The first kappa shape index (κ1) is 9.50. The second kappa shape index (κ2) is 3.99. The Morgan fingerprint density at radius 2 is 2.43 bits per heavy atom. The normalized spacial score (nSPS) is 18.7. The molecule has 1 aromatic rings. The summed E-state index contributed by atoms with van der Waals surface area (Å²) in [5, 5.41) is 8.65. The van der Waals surface area contributed by atoms with Crippen LogP contribution in [-0.2, 0) is 4.74 Å². The fourth-order valence-corrected chi connectivity index (χ4v) is 1.53. The summed E-state index contributed by atoms with van der Waals surface area (Å²) in [6.45, 7) is 1.36. The highest BCUT2D eigenvalue weighted by Crippen LogP contribution is 2.26. The average molecular weight is 254 g/mol. The van der Waals surface area contributed by atoms with Gasteiger partial charge in [-0.05, 0) is 34.1 Å². The fourth-order valence-electron chi connectivity index (χ4n) is 1.03. The Morgan fingerprint density at radius 3 is 3.00 bits per heavy atom. The minimum absolute atomic E-state index is 0.248. The molecule has 0 saturated carbocycles. The second-order valence-electron chi connectivity index (χ2n) is 3.02. The first-order valence-corrected chi connectivity index (χ1v) is 5.03. The standard InChI is InChI=1S/C10H8BrNO2/c11-9-3-7(4-12)1-2-10(9)14-6-8-5-13-8/h1-3,8H,5-6H2. The van der Waals surface area contributed by atoms with Gasteiger partial charge in [0, 0.05) is 0 Å². The summed E-state index contributed by atoms with van der Waals surface area (Å²) < 4.78 is 11.3. The van der Waals surface area contributed by atoms with Crippen LogP contribution in [0.4, 0.5) is 0 Å². The molecule has 0 aromatic heterocycles. The average Bonchev–Trinajstić information content (AvgIpc) is 2.99. The number of nitriles is 1. The monoisotopic (exact) mass is 253 g/mol. The lowest BCUT2D eigenvalue weighted by Crippen LogP contribution is -2.04. The van der Waals surface area contributed by atoms with Crippen LogP contribution in [0.2, 0.25) is 0 Å². The minimum Gasteiger partial charge on any atom is -0.490 e. The van der Waals surface area contributed by atoms with Gasteiger partial charge in [-0.15, -0.1) is 0 Å². The predicted octanol–water partition coefficient (Wildman–Crippen LogP) is 2.10. The Labute approximate surface area is 90.4 Å². The van der Waals surface area contributed by atoms with Gasteiger partial charge in [-0.1, -0.05) is 0 Å². The van der Waals surface area contributed by atoms with Crippen LogP contribution >= 0.6 is 15.9 Å². The van der Waals surface area contributed by atoms with Crippen LogP contribution in [0.3, 0.4) is 0 Å². The van der Waals surface area contributed by atoms with Crippen LogP contribution in [0, 0.1) is 11.3 Å². The molecule has 1 aliphatic heterocycles. The number of nitrogens with zero attached hydrogens (tertiary/aromatic N) is 1. The molecular formula is C10H8BrNO2. The largest absolute Gasteiger partial charge is 0.490 e. The van der Waals surface area contributed by atoms with Crippen molar-refractivity contribution in [1.82, 2.24) is 0 Å². The summed E-state index contributed by atoms with van der Waals surface area (Å²) in [5.41, 5.74) is 0.617. The Kier molecular flexibility index (Phi) is 2.71. The first-order chi connectivity index (χ1) is 6.79. The van der Waals surface area contributed by atoms with Gasteiger partial charge in [-0.3, -0.25) is 0 Å². The number of benzene rings is 1. The third-order valence-electron chi connectivity index (χ3n) is 1.89. The summed E-state index contributed by atoms with van der Waals surface area (Å²) >= 11 is 3.34. The minimum atomic E-state index is 0.248. The molecular weight excluding hydrogens is 246 g/mol. The quantitative estimate of drug-likeness (QED) is 0.776. The zero-order chi connectivity index (χ0) is 9.97. The lowest BCUT2D eigenvalue weighted by atomic mass is 10.2. The van der Waals surface area contributed by atoms with Gasteiger partial charge in [0.15, 0.2) is 0 Å². The van der Waals surface area contributed by atoms with E-state index in [1.54, 1.807) is 18.2 Å². The van der Waals surface area contributed by atoms with Gasteiger partial charge in [0.2, 0.25) is 0 Å². The number of hydrogen-bond acceptors (Lipinski definition) is 3. The van der Waals surface area contributed by atoms with Crippen molar-refractivity contribution in [3.8, 4) is 11.8 Å². The van der Waals surface area contributed by atoms with Gasteiger partial charge in [0.25, 0.3) is 0 Å². The van der Waals surface area contributed by atoms with E-state index in [4.69, 9.17) is 14.7 Å². The van der Waals surface area contributed by atoms with Gasteiger partial charge in [0.1, 0.15) is 18.5 Å². The Bertz CT molecular complexity index is 382. The van der Waals surface area contributed by atoms with Crippen molar-refractivity contribution in [2.75, 3.05) is 13.2 Å². The predicted molar refractivity (Wildman–Crippen MR) is 54.1 cm³/mol. The highest BCUT2D eigenvalue weighted by atomic mass is 79.9. The van der Waals surface area contributed by atoms with Crippen molar-refractivity contribution >= 4 is 15.9 Å². The van der Waals surface area contributed by atoms with E-state index >= 15 is 0 Å². The number of halogens is 1. The summed E-state index contributed by atoms with van der Waals surface area (Å²) in [4.78, 5) is 0. The van der Waals surface area contributed by atoms with Crippen LogP contribution in [0.5, 0.6) is 5.75 Å². The zero-order valence-corrected chi connectivity index (χ0v) is 8.95. The molecule has 2 rings (SSSR count). The van der Waals surface area contributed by atoms with Crippen LogP contribution in [0.1, 0.15) is 5.56 Å². The highest BCUT2D eigenvalue weighted by Gasteiger charge is 2.23. The molecule has 0 spiro atoms. The summed E-state index contributed by atoms with van der Waals surface area (Å²) in [6.07, 6.45) is 0.248. The number of ether oxygens (including phenoxy) is 2. The van der Waals surface area contributed by atoms with E-state index in [1.807, 2.05) is 0 Å². The highest BCUT2D eigenvalue weighted by molar-refractivity contribution is 9.10. The van der Waals surface area contributed by atoms with Gasteiger partial charge >= 0.3 is 0 Å². The molecule has 1 aromatic carbocycles. The molecule has 0 aliphatic carbocycles. The summed E-state index contributed by atoms with van der Waals surface area (Å²) in [5.74, 6) is 0.750. The second-order valence-corrected chi connectivity index (χ2v) is 3.88. The molecule has 1 fully saturated rings. The van der Waals surface area contributed by atoms with Crippen molar-refractivity contribution in [1.29, 1.82) is 5.26 Å². The maximum atomic E-state index is 8.65. The van der Waals surface area contributed by atoms with E-state index in [0.29, 0.717) is 12.2 Å². The maximum absolute atomic E-state index is 8.65. The first-order valence-electron chi connectivity index (χ1n) is 4.23. The van der Waals surface area contributed by atoms with Gasteiger partial charge in [0.05, 0.1) is 22.7 Å². The van der Waals surface area contributed by atoms with E-state index in [-0.39, 0.29) is 6.10 Å². The SMILES string of the molecule is N#Cc1ccc(OCC2CO2)c(Br)c1. The maximum Gasteiger partial charge on any atom is 0.133 e. The van der Waals surface area contributed by atoms with Crippen molar-refractivity contribution in [3.63, 3.8) is 0 Å². The lowest BCUT2D eigenvalue weighted by molar-refractivity contribution is 0.262. The van der Waals surface area contributed by atoms with Gasteiger partial charge in [-0.2, -0.15) is 5.26 Å². The van der Waals surface area contributed by atoms with E-state index in [2.05, 4.69) is 22.0 Å². The molecule has 72 valence electrons. The molecule has 1 atom stereocenters. The Morgan fingerprint density at radius 1 is 1.64 bits per heavy atom. The number of epoxide rings is 1. The molecule has 3 nitrogen and oxygen atoms in total. The molecule has 0 radical (unpaired) electrons. The molecule has 0 N–H and O–H groups in total. The van der Waals surface area contributed by atoms with Crippen LogP contribution in [-0.4, -0.2) is 19.3 Å². The Hall–Kier alpha value is -1.05. The number of rotatable bonds is 3. The number of hydrogen-bond donors (Lipinski definition) is 0. The molecule has 14 heavy (non-hydrogen) atoms. The third-order valence-corrected chi connectivity index (χ3v) is 2.51. The van der Waals surface area contributed by atoms with E-state index in [1.165, 1.54) is 0 Å². The van der Waals surface area contributed by atoms with Crippen molar-refractivity contribution in [2.45, 2.75) is 6.10 Å². The van der Waals surface area contributed by atoms with Crippen molar-refractivity contribution < 1.29 is 9.47 Å². The van der Waals surface area contributed by atoms with E-state index in [0.717, 1.165) is 16.8 Å². The Balaban J connectivity index is 2.05. The molecule has 1 saturated heterocycles. The fraction of sp³-hybridized carbons (Fsp3) is 0.300. The summed E-state index contributed by atoms with van der Waals surface area (Å²) in [6, 6.07) is 7.31. The van der Waals surface area contributed by atoms with Crippen molar-refractivity contribution in [2.24, 2.45) is 0 Å². The molecule has 1 heterocycles. The smallest absolute Gasteiger partial charge is 0.133 e. The van der Waals surface area contributed by atoms with Crippen LogP contribution < -0.4 is 4.74 Å². The lowest BCUT2D eigenvalue weighted by Gasteiger charge is -2.06. The topological polar surface area (TPSA) is 45.5 Å².